The maximum Gasteiger partial charge on any atom is 0.255 e. The molecule has 2 saturated heterocycles. The van der Waals surface area contributed by atoms with Gasteiger partial charge >= 0.3 is 0 Å². The zero-order chi connectivity index (χ0) is 24.8. The van der Waals surface area contributed by atoms with E-state index in [9.17, 15) is 9.59 Å². The summed E-state index contributed by atoms with van der Waals surface area (Å²) in [5.41, 5.74) is 1.74. The molecule has 2 aliphatic heterocycles. The minimum absolute atomic E-state index is 0.0164. The summed E-state index contributed by atoms with van der Waals surface area (Å²) in [6.07, 6.45) is 9.08. The number of pyridine rings is 1. The average molecular weight is 479 g/mol. The monoisotopic (exact) mass is 478 g/mol. The van der Waals surface area contributed by atoms with Crippen molar-refractivity contribution in [2.75, 3.05) is 40.8 Å². The van der Waals surface area contributed by atoms with Gasteiger partial charge in [0.15, 0.2) is 0 Å². The van der Waals surface area contributed by atoms with E-state index < -0.39 is 0 Å². The molecule has 35 heavy (non-hydrogen) atoms. The molecular formula is C28H38N4O3. The fourth-order valence-electron chi connectivity index (χ4n) is 5.61. The molecule has 0 saturated carbocycles. The van der Waals surface area contributed by atoms with Crippen molar-refractivity contribution in [1.29, 1.82) is 0 Å². The topological polar surface area (TPSA) is 66.0 Å². The number of carbonyl (C=O) groups is 2. The smallest absolute Gasteiger partial charge is 0.255 e. The highest BCUT2D eigenvalue weighted by Gasteiger charge is 2.36. The van der Waals surface area contributed by atoms with E-state index in [1.54, 1.807) is 25.6 Å². The third kappa shape index (κ3) is 6.01. The van der Waals surface area contributed by atoms with Gasteiger partial charge in [-0.05, 0) is 81.4 Å². The number of piperidine rings is 2. The Morgan fingerprint density at radius 2 is 1.91 bits per heavy atom. The fraction of sp³-hybridized carbons (Fsp3) is 0.536. The van der Waals surface area contributed by atoms with Crippen molar-refractivity contribution in [3.63, 3.8) is 0 Å². The Morgan fingerprint density at radius 1 is 1.11 bits per heavy atom. The van der Waals surface area contributed by atoms with E-state index in [-0.39, 0.29) is 23.9 Å². The number of likely N-dealkylation sites (tertiary alicyclic amines) is 2. The van der Waals surface area contributed by atoms with Gasteiger partial charge < -0.3 is 14.5 Å². The summed E-state index contributed by atoms with van der Waals surface area (Å²) in [5.74, 6) is 1.38. The summed E-state index contributed by atoms with van der Waals surface area (Å²) in [6, 6.07) is 11.7. The Morgan fingerprint density at radius 3 is 2.60 bits per heavy atom. The van der Waals surface area contributed by atoms with Crippen molar-refractivity contribution in [3.05, 3.63) is 59.9 Å². The second-order valence-electron chi connectivity index (χ2n) is 9.94. The number of rotatable bonds is 7. The summed E-state index contributed by atoms with van der Waals surface area (Å²) < 4.78 is 5.43. The number of ether oxygens (including phenoxy) is 1. The molecule has 3 heterocycles. The van der Waals surface area contributed by atoms with Crippen LogP contribution in [0.5, 0.6) is 5.75 Å². The standard InChI is InChI=1S/C28H38N4O3/c1-30-15-5-4-11-25(30)28(34)32-16-12-22(13-17-32)26(19-21-8-6-10-24(18-21)35-3)31(2)27(33)23-9-7-14-29-20-23/h6-10,14,18,20,22,25-26H,4-5,11-13,15-17,19H2,1-3H3/t25-,26+/m1/s1. The van der Waals surface area contributed by atoms with E-state index in [4.69, 9.17) is 4.74 Å². The Balaban J connectivity index is 1.49. The summed E-state index contributed by atoms with van der Waals surface area (Å²) in [7, 11) is 5.64. The van der Waals surface area contributed by atoms with Crippen LogP contribution < -0.4 is 4.74 Å². The van der Waals surface area contributed by atoms with Crippen molar-refractivity contribution in [1.82, 2.24) is 19.7 Å². The largest absolute Gasteiger partial charge is 0.497 e. The van der Waals surface area contributed by atoms with Crippen molar-refractivity contribution >= 4 is 11.8 Å². The number of methoxy groups -OCH3 is 1. The molecule has 2 atom stereocenters. The summed E-state index contributed by atoms with van der Waals surface area (Å²) in [4.78, 5) is 36.9. The van der Waals surface area contributed by atoms with E-state index in [1.807, 2.05) is 36.2 Å². The number of amides is 2. The van der Waals surface area contributed by atoms with Gasteiger partial charge in [0.1, 0.15) is 5.75 Å². The van der Waals surface area contributed by atoms with Gasteiger partial charge in [0.2, 0.25) is 5.91 Å². The third-order valence-electron chi connectivity index (χ3n) is 7.76. The van der Waals surface area contributed by atoms with Gasteiger partial charge in [-0.3, -0.25) is 19.5 Å². The highest BCUT2D eigenvalue weighted by molar-refractivity contribution is 5.94. The van der Waals surface area contributed by atoms with Gasteiger partial charge in [-0.15, -0.1) is 0 Å². The first kappa shape index (κ1) is 25.2. The first-order valence-corrected chi connectivity index (χ1v) is 12.8. The second-order valence-corrected chi connectivity index (χ2v) is 9.94. The Labute approximate surface area is 209 Å². The van der Waals surface area contributed by atoms with Gasteiger partial charge in [0.25, 0.3) is 5.91 Å². The maximum atomic E-state index is 13.3. The van der Waals surface area contributed by atoms with E-state index in [0.717, 1.165) is 63.1 Å². The highest BCUT2D eigenvalue weighted by Crippen LogP contribution is 2.29. The molecule has 4 rings (SSSR count). The molecule has 2 amide bonds. The first-order chi connectivity index (χ1) is 17.0. The molecule has 7 heteroatoms. The van der Waals surface area contributed by atoms with Crippen LogP contribution in [-0.2, 0) is 11.2 Å². The van der Waals surface area contributed by atoms with Crippen molar-refractivity contribution in [2.45, 2.75) is 50.6 Å². The summed E-state index contributed by atoms with van der Waals surface area (Å²) in [6.45, 7) is 2.49. The number of aromatic nitrogens is 1. The molecular weight excluding hydrogens is 440 g/mol. The number of hydrogen-bond acceptors (Lipinski definition) is 5. The van der Waals surface area contributed by atoms with Gasteiger partial charge in [0.05, 0.1) is 18.7 Å². The fourth-order valence-corrected chi connectivity index (χ4v) is 5.61. The van der Waals surface area contributed by atoms with Crippen LogP contribution in [0.3, 0.4) is 0 Å². The van der Waals surface area contributed by atoms with Crippen LogP contribution in [-0.4, -0.2) is 84.4 Å². The number of benzene rings is 1. The Kier molecular flexibility index (Phi) is 8.39. The van der Waals surface area contributed by atoms with Gasteiger partial charge in [-0.1, -0.05) is 18.6 Å². The lowest BCUT2D eigenvalue weighted by molar-refractivity contribution is -0.139. The molecule has 0 unspecified atom stereocenters. The Bertz CT molecular complexity index is 991. The van der Waals surface area contributed by atoms with Crippen molar-refractivity contribution in [3.8, 4) is 5.75 Å². The number of carbonyl (C=O) groups excluding carboxylic acids is 2. The molecule has 0 aliphatic carbocycles. The molecule has 188 valence electrons. The van der Waals surface area contributed by atoms with E-state index in [0.29, 0.717) is 11.5 Å². The Hall–Kier alpha value is -2.93. The van der Waals surface area contributed by atoms with Gasteiger partial charge in [-0.25, -0.2) is 0 Å². The molecule has 1 aromatic carbocycles. The maximum absolute atomic E-state index is 13.3. The number of nitrogens with zero attached hydrogens (tertiary/aromatic N) is 4. The molecule has 0 radical (unpaired) electrons. The lowest BCUT2D eigenvalue weighted by Crippen LogP contribution is -2.53. The van der Waals surface area contributed by atoms with Crippen LogP contribution >= 0.6 is 0 Å². The zero-order valence-corrected chi connectivity index (χ0v) is 21.2. The zero-order valence-electron chi connectivity index (χ0n) is 21.2. The van der Waals surface area contributed by atoms with Crippen LogP contribution in [0.1, 0.15) is 48.0 Å². The highest BCUT2D eigenvalue weighted by atomic mass is 16.5. The first-order valence-electron chi connectivity index (χ1n) is 12.8. The molecule has 2 aliphatic rings. The van der Waals surface area contributed by atoms with Crippen molar-refractivity contribution in [2.24, 2.45) is 5.92 Å². The molecule has 2 fully saturated rings. The molecule has 1 aromatic heterocycles. The predicted octanol–water partition coefficient (Wildman–Crippen LogP) is 3.50. The average Bonchev–Trinajstić information content (AvgIpc) is 2.91. The molecule has 0 bridgehead atoms. The molecule has 0 N–H and O–H groups in total. The van der Waals surface area contributed by atoms with Crippen LogP contribution in [0.2, 0.25) is 0 Å². The minimum Gasteiger partial charge on any atom is -0.497 e. The number of hydrogen-bond donors (Lipinski definition) is 0. The molecule has 0 spiro atoms. The predicted molar refractivity (Wildman–Crippen MR) is 136 cm³/mol. The molecule has 2 aromatic rings. The summed E-state index contributed by atoms with van der Waals surface area (Å²) in [5, 5.41) is 0. The lowest BCUT2D eigenvalue weighted by atomic mass is 9.84. The van der Waals surface area contributed by atoms with E-state index >= 15 is 0 Å². The SMILES string of the molecule is COc1cccc(C[C@@H](C2CCN(C(=O)[C@H]3CCCCN3C)CC2)N(C)C(=O)c2cccnc2)c1. The second kappa shape index (κ2) is 11.7. The summed E-state index contributed by atoms with van der Waals surface area (Å²) >= 11 is 0. The number of likely N-dealkylation sites (N-methyl/N-ethyl adjacent to an activating group) is 2. The van der Waals surface area contributed by atoms with Crippen molar-refractivity contribution < 1.29 is 14.3 Å². The molecule has 7 nitrogen and oxygen atoms in total. The van der Waals surface area contributed by atoms with Crippen LogP contribution in [0, 0.1) is 5.92 Å². The van der Waals surface area contributed by atoms with Crippen LogP contribution in [0.25, 0.3) is 0 Å². The van der Waals surface area contributed by atoms with Gasteiger partial charge in [-0.2, -0.15) is 0 Å². The van der Waals surface area contributed by atoms with Crippen LogP contribution in [0.15, 0.2) is 48.8 Å². The van der Waals surface area contributed by atoms with E-state index in [1.165, 1.54) is 6.42 Å². The minimum atomic E-state index is -0.0201. The lowest BCUT2D eigenvalue weighted by Gasteiger charge is -2.42. The normalized spacial score (nSPS) is 20.3. The van der Waals surface area contributed by atoms with Crippen LogP contribution in [0.4, 0.5) is 0 Å². The third-order valence-corrected chi connectivity index (χ3v) is 7.76. The quantitative estimate of drug-likeness (QED) is 0.610. The van der Waals surface area contributed by atoms with E-state index in [2.05, 4.69) is 27.9 Å². The van der Waals surface area contributed by atoms with Gasteiger partial charge in [0, 0.05) is 38.6 Å².